The highest BCUT2D eigenvalue weighted by atomic mass is 35.5. The van der Waals surface area contributed by atoms with Gasteiger partial charge in [-0.3, -0.25) is 4.79 Å². The molecule has 90 valence electrons. The van der Waals surface area contributed by atoms with Crippen molar-refractivity contribution >= 4 is 18.3 Å². The van der Waals surface area contributed by atoms with Gasteiger partial charge in [0.15, 0.2) is 0 Å². The molecule has 1 amide bonds. The summed E-state index contributed by atoms with van der Waals surface area (Å²) in [6.07, 6.45) is 1.66. The minimum atomic E-state index is -0.347. The predicted octanol–water partition coefficient (Wildman–Crippen LogP) is 0.700. The van der Waals surface area contributed by atoms with Gasteiger partial charge < -0.3 is 15.4 Å². The number of carbonyl (C=O) groups is 1. The first kappa shape index (κ1) is 14.7. The lowest BCUT2D eigenvalue weighted by Crippen LogP contribution is -2.48. The van der Waals surface area contributed by atoms with Gasteiger partial charge in [-0.2, -0.15) is 0 Å². The molecule has 1 rings (SSSR count). The molecule has 0 saturated carbocycles. The number of hydrogen-bond acceptors (Lipinski definition) is 3. The van der Waals surface area contributed by atoms with Gasteiger partial charge in [0.1, 0.15) is 6.10 Å². The molecular weight excluding hydrogens is 216 g/mol. The molecule has 1 fully saturated rings. The summed E-state index contributed by atoms with van der Waals surface area (Å²) in [5.41, 5.74) is 0. The number of ether oxygens (including phenoxy) is 1. The largest absolute Gasteiger partial charge is 0.372 e. The van der Waals surface area contributed by atoms with Crippen LogP contribution >= 0.6 is 12.4 Å². The van der Waals surface area contributed by atoms with Crippen molar-refractivity contribution in [1.29, 1.82) is 0 Å². The molecule has 0 aromatic rings. The van der Waals surface area contributed by atoms with E-state index in [2.05, 4.69) is 17.6 Å². The van der Waals surface area contributed by atoms with Crippen LogP contribution in [0.15, 0.2) is 0 Å². The number of amides is 1. The van der Waals surface area contributed by atoms with E-state index >= 15 is 0 Å². The zero-order chi connectivity index (χ0) is 10.6. The van der Waals surface area contributed by atoms with Crippen molar-refractivity contribution in [3.05, 3.63) is 0 Å². The third kappa shape index (κ3) is 4.82. The van der Waals surface area contributed by atoms with Crippen LogP contribution in [0.2, 0.25) is 0 Å². The van der Waals surface area contributed by atoms with Crippen LogP contribution in [-0.2, 0) is 9.53 Å². The van der Waals surface area contributed by atoms with Gasteiger partial charge in [0.25, 0.3) is 0 Å². The summed E-state index contributed by atoms with van der Waals surface area (Å²) in [5, 5.41) is 6.34. The third-order valence-corrected chi connectivity index (χ3v) is 2.69. The Hall–Kier alpha value is -0.320. The topological polar surface area (TPSA) is 50.4 Å². The summed E-state index contributed by atoms with van der Waals surface area (Å²) in [6, 6.07) is 0.795. The van der Waals surface area contributed by atoms with Gasteiger partial charge in [0.05, 0.1) is 0 Å². The van der Waals surface area contributed by atoms with Crippen molar-refractivity contribution in [3.8, 4) is 0 Å². The lowest BCUT2D eigenvalue weighted by molar-refractivity contribution is -0.131. The third-order valence-electron chi connectivity index (χ3n) is 2.69. The second-order valence-corrected chi connectivity index (χ2v) is 3.96. The van der Waals surface area contributed by atoms with Gasteiger partial charge in [-0.15, -0.1) is 12.4 Å². The van der Waals surface area contributed by atoms with Crippen molar-refractivity contribution < 1.29 is 9.53 Å². The van der Waals surface area contributed by atoms with E-state index in [1.807, 2.05) is 0 Å². The fourth-order valence-electron chi connectivity index (χ4n) is 1.69. The first-order valence-corrected chi connectivity index (χ1v) is 5.20. The second-order valence-electron chi connectivity index (χ2n) is 3.96. The molecule has 2 N–H and O–H groups in total. The van der Waals surface area contributed by atoms with Crippen LogP contribution in [0.1, 0.15) is 26.7 Å². The Labute approximate surface area is 97.5 Å². The number of nitrogens with one attached hydrogen (secondary N) is 2. The highest BCUT2D eigenvalue weighted by molar-refractivity contribution is 5.85. The van der Waals surface area contributed by atoms with Gasteiger partial charge in [0, 0.05) is 19.2 Å². The average Bonchev–Trinajstić information content (AvgIpc) is 2.16. The van der Waals surface area contributed by atoms with Crippen molar-refractivity contribution in [1.82, 2.24) is 10.6 Å². The molecule has 0 aromatic carbocycles. The number of carbonyl (C=O) groups excluding carboxylic acids is 1. The van der Waals surface area contributed by atoms with Crippen LogP contribution in [0.5, 0.6) is 0 Å². The molecule has 0 spiro atoms. The quantitative estimate of drug-likeness (QED) is 0.759. The molecule has 3 unspecified atom stereocenters. The van der Waals surface area contributed by atoms with E-state index in [-0.39, 0.29) is 24.4 Å². The summed E-state index contributed by atoms with van der Waals surface area (Å²) >= 11 is 0. The Kier molecular flexibility index (Phi) is 6.89. The van der Waals surface area contributed by atoms with Crippen LogP contribution in [0.25, 0.3) is 0 Å². The van der Waals surface area contributed by atoms with Crippen molar-refractivity contribution in [2.24, 2.45) is 0 Å². The van der Waals surface area contributed by atoms with Crippen LogP contribution in [0.3, 0.4) is 0 Å². The molecule has 0 aromatic heterocycles. The lowest BCUT2D eigenvalue weighted by Gasteiger charge is -2.29. The molecule has 5 heteroatoms. The summed E-state index contributed by atoms with van der Waals surface area (Å²) in [7, 11) is 1.55. The summed E-state index contributed by atoms with van der Waals surface area (Å²) in [6.45, 7) is 4.88. The Morgan fingerprint density at radius 3 is 2.80 bits per heavy atom. The molecule has 3 atom stereocenters. The fourth-order valence-corrected chi connectivity index (χ4v) is 1.69. The van der Waals surface area contributed by atoms with Gasteiger partial charge in [-0.25, -0.2) is 0 Å². The van der Waals surface area contributed by atoms with E-state index in [1.165, 1.54) is 0 Å². The molecule has 1 aliphatic heterocycles. The zero-order valence-corrected chi connectivity index (χ0v) is 10.4. The summed E-state index contributed by atoms with van der Waals surface area (Å²) < 4.78 is 4.95. The smallest absolute Gasteiger partial charge is 0.249 e. The second kappa shape index (κ2) is 7.04. The monoisotopic (exact) mass is 236 g/mol. The minimum absolute atomic E-state index is 0. The van der Waals surface area contributed by atoms with Crippen molar-refractivity contribution in [2.75, 3.05) is 13.7 Å². The van der Waals surface area contributed by atoms with Crippen molar-refractivity contribution in [3.63, 3.8) is 0 Å². The molecule has 1 saturated heterocycles. The Balaban J connectivity index is 0.00000196. The number of methoxy groups -OCH3 is 1. The molecule has 1 aliphatic rings. The van der Waals surface area contributed by atoms with E-state index in [1.54, 1.807) is 14.0 Å². The number of rotatable bonds is 3. The molecule has 0 bridgehead atoms. The maximum Gasteiger partial charge on any atom is 0.249 e. The normalized spacial score (nSPS) is 27.7. The van der Waals surface area contributed by atoms with E-state index in [0.29, 0.717) is 12.1 Å². The summed E-state index contributed by atoms with van der Waals surface area (Å²) in [4.78, 5) is 11.5. The van der Waals surface area contributed by atoms with E-state index in [0.717, 1.165) is 19.4 Å². The average molecular weight is 237 g/mol. The van der Waals surface area contributed by atoms with Crippen molar-refractivity contribution in [2.45, 2.75) is 44.9 Å². The molecule has 4 nitrogen and oxygen atoms in total. The van der Waals surface area contributed by atoms with E-state index in [4.69, 9.17) is 4.74 Å². The highest BCUT2D eigenvalue weighted by Crippen LogP contribution is 2.08. The van der Waals surface area contributed by atoms with E-state index in [9.17, 15) is 4.79 Å². The summed E-state index contributed by atoms with van der Waals surface area (Å²) in [5.74, 6) is -0.00778. The Morgan fingerprint density at radius 1 is 1.60 bits per heavy atom. The van der Waals surface area contributed by atoms with Gasteiger partial charge in [-0.1, -0.05) is 0 Å². The minimum Gasteiger partial charge on any atom is -0.372 e. The fraction of sp³-hybridized carbons (Fsp3) is 0.900. The molecule has 1 heterocycles. The zero-order valence-electron chi connectivity index (χ0n) is 9.58. The van der Waals surface area contributed by atoms with Gasteiger partial charge in [0.2, 0.25) is 5.91 Å². The Bertz CT molecular complexity index is 202. The number of hydrogen-bond donors (Lipinski definition) is 2. The van der Waals surface area contributed by atoms with Gasteiger partial charge >= 0.3 is 0 Å². The Morgan fingerprint density at radius 2 is 2.27 bits per heavy atom. The number of piperidine rings is 1. The first-order valence-electron chi connectivity index (χ1n) is 5.20. The van der Waals surface area contributed by atoms with Crippen LogP contribution in [0.4, 0.5) is 0 Å². The lowest BCUT2D eigenvalue weighted by atomic mass is 10.0. The molecule has 0 aliphatic carbocycles. The van der Waals surface area contributed by atoms with Crippen LogP contribution in [0, 0.1) is 0 Å². The van der Waals surface area contributed by atoms with Crippen LogP contribution in [-0.4, -0.2) is 37.7 Å². The highest BCUT2D eigenvalue weighted by Gasteiger charge is 2.21. The predicted molar refractivity (Wildman–Crippen MR) is 62.3 cm³/mol. The van der Waals surface area contributed by atoms with Crippen LogP contribution < -0.4 is 10.6 Å². The molecule has 15 heavy (non-hydrogen) atoms. The standard InChI is InChI=1S/C10H20N2O2.ClH/c1-7-6-9(4-5-11-7)12-10(13)8(2)14-3;/h7-9,11H,4-6H2,1-3H3,(H,12,13);1H. The van der Waals surface area contributed by atoms with E-state index < -0.39 is 0 Å². The SMILES string of the molecule is COC(C)C(=O)NC1CCNC(C)C1.Cl. The first-order chi connectivity index (χ1) is 6.63. The maximum absolute atomic E-state index is 11.5. The number of halogens is 1. The molecular formula is C10H21ClN2O2. The maximum atomic E-state index is 11.5. The molecule has 0 radical (unpaired) electrons. The van der Waals surface area contributed by atoms with Gasteiger partial charge in [-0.05, 0) is 33.2 Å².